The maximum Gasteiger partial charge on any atom is 0.235 e. The molecule has 0 spiro atoms. The lowest BCUT2D eigenvalue weighted by Crippen LogP contribution is -2.50. The van der Waals surface area contributed by atoms with E-state index in [0.717, 1.165) is 42.8 Å². The van der Waals surface area contributed by atoms with Gasteiger partial charge in [-0.15, -0.1) is 0 Å². The fourth-order valence-corrected chi connectivity index (χ4v) is 4.49. The molecule has 2 aromatic heterocycles. The number of aromatic nitrogens is 4. The summed E-state index contributed by atoms with van der Waals surface area (Å²) >= 11 is 11.8. The number of anilines is 4. The summed E-state index contributed by atoms with van der Waals surface area (Å²) in [7, 11) is 0. The van der Waals surface area contributed by atoms with Gasteiger partial charge in [0.1, 0.15) is 0 Å². The van der Waals surface area contributed by atoms with E-state index in [1.54, 1.807) is 0 Å². The number of morpholine rings is 1. The molecule has 2 aliphatic heterocycles. The molecule has 3 aromatic rings. The van der Waals surface area contributed by atoms with E-state index < -0.39 is 0 Å². The van der Waals surface area contributed by atoms with Gasteiger partial charge in [-0.1, -0.05) is 11.6 Å². The van der Waals surface area contributed by atoms with Gasteiger partial charge in [0.05, 0.1) is 18.7 Å². The molecule has 2 saturated heterocycles. The van der Waals surface area contributed by atoms with Crippen LogP contribution in [-0.4, -0.2) is 82.4 Å². The number of piperazine rings is 1. The Morgan fingerprint density at radius 2 is 1.79 bits per heavy atom. The SMILES string of the molecule is Nc1nc(NC(=S)N2CCN(c3ccnc4cc(Cl)ccc34)CC2)nc(N2CCOCC2)n1. The number of nitrogens with two attached hydrogens (primary N) is 1. The third-order valence-corrected chi connectivity index (χ3v) is 6.34. The third-order valence-electron chi connectivity index (χ3n) is 5.74. The molecule has 33 heavy (non-hydrogen) atoms. The van der Waals surface area contributed by atoms with Gasteiger partial charge in [0.2, 0.25) is 17.8 Å². The molecule has 5 rings (SSSR count). The van der Waals surface area contributed by atoms with Crippen molar-refractivity contribution in [3.63, 3.8) is 0 Å². The summed E-state index contributed by atoms with van der Waals surface area (Å²) in [6, 6.07) is 7.86. The van der Waals surface area contributed by atoms with Crippen molar-refractivity contribution in [3.8, 4) is 0 Å². The van der Waals surface area contributed by atoms with E-state index in [9.17, 15) is 0 Å². The highest BCUT2D eigenvalue weighted by molar-refractivity contribution is 7.80. The van der Waals surface area contributed by atoms with Gasteiger partial charge in [-0.25, -0.2) is 0 Å². The van der Waals surface area contributed by atoms with Gasteiger partial charge < -0.3 is 30.5 Å². The van der Waals surface area contributed by atoms with Gasteiger partial charge in [0, 0.05) is 61.6 Å². The first-order valence-corrected chi connectivity index (χ1v) is 11.5. The van der Waals surface area contributed by atoms with Crippen molar-refractivity contribution in [1.29, 1.82) is 0 Å². The maximum atomic E-state index is 6.13. The Bertz CT molecular complexity index is 1170. The molecule has 10 nitrogen and oxygen atoms in total. The second-order valence-electron chi connectivity index (χ2n) is 7.81. The normalized spacial score (nSPS) is 16.8. The zero-order valence-corrected chi connectivity index (χ0v) is 19.5. The molecular weight excluding hydrogens is 462 g/mol. The van der Waals surface area contributed by atoms with Crippen LogP contribution in [-0.2, 0) is 4.74 Å². The third kappa shape index (κ3) is 4.85. The number of pyridine rings is 1. The van der Waals surface area contributed by atoms with Crippen molar-refractivity contribution in [2.45, 2.75) is 0 Å². The predicted octanol–water partition coefficient (Wildman–Crippen LogP) is 2.01. The Balaban J connectivity index is 1.24. The van der Waals surface area contributed by atoms with Gasteiger partial charge in [-0.3, -0.25) is 4.98 Å². The Morgan fingerprint density at radius 1 is 1.00 bits per heavy atom. The number of fused-ring (bicyclic) bond motifs is 1. The minimum Gasteiger partial charge on any atom is -0.378 e. The predicted molar refractivity (Wildman–Crippen MR) is 134 cm³/mol. The first-order valence-electron chi connectivity index (χ1n) is 10.8. The number of hydrogen-bond donors (Lipinski definition) is 2. The Morgan fingerprint density at radius 3 is 2.58 bits per heavy atom. The smallest absolute Gasteiger partial charge is 0.235 e. The van der Waals surface area contributed by atoms with E-state index in [4.69, 9.17) is 34.3 Å². The van der Waals surface area contributed by atoms with Crippen LogP contribution in [0.1, 0.15) is 0 Å². The minimum absolute atomic E-state index is 0.159. The van der Waals surface area contributed by atoms with Crippen molar-refractivity contribution < 1.29 is 4.74 Å². The monoisotopic (exact) mass is 485 g/mol. The van der Waals surface area contributed by atoms with Crippen LogP contribution >= 0.6 is 23.8 Å². The van der Waals surface area contributed by atoms with Gasteiger partial charge in [0.25, 0.3) is 0 Å². The highest BCUT2D eigenvalue weighted by Gasteiger charge is 2.22. The van der Waals surface area contributed by atoms with Crippen LogP contribution < -0.4 is 20.9 Å². The zero-order valence-electron chi connectivity index (χ0n) is 17.9. The molecular formula is C21H24ClN9OS. The first kappa shape index (κ1) is 21.8. The molecule has 1 aromatic carbocycles. The molecule has 2 fully saturated rings. The lowest BCUT2D eigenvalue weighted by Gasteiger charge is -2.37. The summed E-state index contributed by atoms with van der Waals surface area (Å²) in [6.45, 7) is 5.87. The molecule has 0 amide bonds. The Labute approximate surface area is 201 Å². The van der Waals surface area contributed by atoms with Crippen LogP contribution in [0.3, 0.4) is 0 Å². The van der Waals surface area contributed by atoms with E-state index in [2.05, 4.69) is 35.1 Å². The molecule has 4 heterocycles. The lowest BCUT2D eigenvalue weighted by atomic mass is 10.1. The fraction of sp³-hybridized carbons (Fsp3) is 0.381. The summed E-state index contributed by atoms with van der Waals surface area (Å²) in [5, 5.41) is 5.48. The Kier molecular flexibility index (Phi) is 6.25. The summed E-state index contributed by atoms with van der Waals surface area (Å²) in [4.78, 5) is 23.9. The number of ether oxygens (including phenoxy) is 1. The molecule has 0 bridgehead atoms. The number of nitrogens with one attached hydrogen (secondary N) is 1. The van der Waals surface area contributed by atoms with Crippen molar-refractivity contribution in [3.05, 3.63) is 35.5 Å². The van der Waals surface area contributed by atoms with E-state index in [1.807, 2.05) is 35.4 Å². The van der Waals surface area contributed by atoms with Crippen LogP contribution in [0.15, 0.2) is 30.5 Å². The summed E-state index contributed by atoms with van der Waals surface area (Å²) in [5.41, 5.74) is 7.96. The van der Waals surface area contributed by atoms with Crippen LogP contribution in [0.5, 0.6) is 0 Å². The molecule has 172 valence electrons. The number of halogens is 1. The highest BCUT2D eigenvalue weighted by Crippen LogP contribution is 2.28. The number of rotatable bonds is 3. The number of thiocarbonyl (C=S) groups is 1. The zero-order chi connectivity index (χ0) is 22.8. The summed E-state index contributed by atoms with van der Waals surface area (Å²) in [5.74, 6) is 1.05. The molecule has 0 atom stereocenters. The van der Waals surface area contributed by atoms with Crippen LogP contribution in [0.25, 0.3) is 10.9 Å². The van der Waals surface area contributed by atoms with Crippen LogP contribution in [0.2, 0.25) is 5.02 Å². The lowest BCUT2D eigenvalue weighted by molar-refractivity contribution is 0.122. The maximum absolute atomic E-state index is 6.13. The van der Waals surface area contributed by atoms with E-state index in [-0.39, 0.29) is 5.95 Å². The van der Waals surface area contributed by atoms with Crippen molar-refractivity contribution in [2.75, 3.05) is 73.3 Å². The molecule has 12 heteroatoms. The number of hydrogen-bond acceptors (Lipinski definition) is 9. The quantitative estimate of drug-likeness (QED) is 0.531. The van der Waals surface area contributed by atoms with Gasteiger partial charge in [0.15, 0.2) is 5.11 Å². The minimum atomic E-state index is 0.159. The molecule has 0 saturated carbocycles. The molecule has 0 aliphatic carbocycles. The molecule has 3 N–H and O–H groups in total. The summed E-state index contributed by atoms with van der Waals surface area (Å²) < 4.78 is 5.39. The van der Waals surface area contributed by atoms with Crippen LogP contribution in [0, 0.1) is 0 Å². The number of nitrogens with zero attached hydrogens (tertiary/aromatic N) is 7. The largest absolute Gasteiger partial charge is 0.378 e. The van der Waals surface area contributed by atoms with Crippen LogP contribution in [0.4, 0.5) is 23.5 Å². The Hall–Kier alpha value is -3.02. The number of benzene rings is 1. The number of nitrogen functional groups attached to an aromatic ring is 1. The van der Waals surface area contributed by atoms with Crippen molar-refractivity contribution in [2.24, 2.45) is 0 Å². The fourth-order valence-electron chi connectivity index (χ4n) is 4.05. The standard InChI is InChI=1S/C21H24ClN9OS/c22-14-1-2-15-16(13-14)24-4-3-17(15)29-5-7-31(8-6-29)21(33)28-19-25-18(23)26-20(27-19)30-9-11-32-12-10-30/h1-4,13H,5-12H2,(H3,23,25,26,27,28,33). The second kappa shape index (κ2) is 9.46. The van der Waals surface area contributed by atoms with Crippen molar-refractivity contribution >= 4 is 63.4 Å². The van der Waals surface area contributed by atoms with Gasteiger partial charge in [-0.05, 0) is 36.5 Å². The topological polar surface area (TPSA) is 109 Å². The molecule has 2 aliphatic rings. The van der Waals surface area contributed by atoms with E-state index in [1.165, 1.54) is 0 Å². The average Bonchev–Trinajstić information content (AvgIpc) is 2.84. The van der Waals surface area contributed by atoms with Gasteiger partial charge >= 0.3 is 0 Å². The summed E-state index contributed by atoms with van der Waals surface area (Å²) in [6.07, 6.45) is 1.82. The molecule has 0 radical (unpaired) electrons. The van der Waals surface area contributed by atoms with E-state index in [0.29, 0.717) is 48.3 Å². The average molecular weight is 486 g/mol. The van der Waals surface area contributed by atoms with Gasteiger partial charge in [-0.2, -0.15) is 15.0 Å². The first-order chi connectivity index (χ1) is 16.1. The van der Waals surface area contributed by atoms with Crippen molar-refractivity contribution in [1.82, 2.24) is 24.8 Å². The second-order valence-corrected chi connectivity index (χ2v) is 8.64. The van der Waals surface area contributed by atoms with E-state index >= 15 is 0 Å². The molecule has 0 unspecified atom stereocenters. The highest BCUT2D eigenvalue weighted by atomic mass is 35.5.